The van der Waals surface area contributed by atoms with Crippen molar-refractivity contribution in [3.05, 3.63) is 12.7 Å². The monoisotopic (exact) mass is 193 g/mol. The Hall–Kier alpha value is -0.420. The van der Waals surface area contributed by atoms with Gasteiger partial charge in [-0.25, -0.2) is 12.8 Å². The minimum absolute atomic E-state index is 0.0101. The van der Waals surface area contributed by atoms with Crippen molar-refractivity contribution in [3.8, 4) is 0 Å². The van der Waals surface area contributed by atoms with Crippen LogP contribution in [-0.2, 0) is 10.0 Å². The van der Waals surface area contributed by atoms with Gasteiger partial charge in [-0.3, -0.25) is 0 Å². The molecule has 1 aliphatic rings. The van der Waals surface area contributed by atoms with Crippen LogP contribution in [-0.4, -0.2) is 37.7 Å². The first kappa shape index (κ1) is 9.67. The molecule has 12 heavy (non-hydrogen) atoms. The molecule has 1 heterocycles. The molecule has 70 valence electrons. The smallest absolute Gasteiger partial charge is 0.217 e. The summed E-state index contributed by atoms with van der Waals surface area (Å²) in [6.45, 7) is 3.65. The van der Waals surface area contributed by atoms with Gasteiger partial charge in [-0.15, -0.1) is 6.58 Å². The van der Waals surface area contributed by atoms with Gasteiger partial charge in [0, 0.05) is 13.1 Å². The minimum atomic E-state index is -3.27. The lowest BCUT2D eigenvalue weighted by atomic mass is 10.4. The quantitative estimate of drug-likeness (QED) is 0.614. The molecule has 3 nitrogen and oxygen atoms in total. The lowest BCUT2D eigenvalue weighted by molar-refractivity contribution is 0.343. The molecule has 0 radical (unpaired) electrons. The lowest BCUT2D eigenvalue weighted by Gasteiger charge is -2.13. The molecule has 0 spiro atoms. The van der Waals surface area contributed by atoms with Crippen LogP contribution >= 0.6 is 0 Å². The Balaban J connectivity index is 2.64. The first-order valence-electron chi connectivity index (χ1n) is 3.79. The lowest BCUT2D eigenvalue weighted by Crippen LogP contribution is -2.30. The molecule has 1 aliphatic heterocycles. The summed E-state index contributed by atoms with van der Waals surface area (Å²) in [5, 5.41) is 0. The van der Waals surface area contributed by atoms with Crippen LogP contribution in [0.1, 0.15) is 6.42 Å². The van der Waals surface area contributed by atoms with Gasteiger partial charge in [0.05, 0.1) is 5.75 Å². The highest BCUT2D eigenvalue weighted by molar-refractivity contribution is 7.89. The van der Waals surface area contributed by atoms with E-state index in [-0.39, 0.29) is 12.3 Å². The standard InChI is InChI=1S/C7H12FNO2S/c1-2-5-12(10,11)9-4-3-7(8)6-9/h2,7H,1,3-6H2/t7-/m1/s1. The van der Waals surface area contributed by atoms with Crippen molar-refractivity contribution in [2.75, 3.05) is 18.8 Å². The van der Waals surface area contributed by atoms with Gasteiger partial charge in [0.1, 0.15) is 6.17 Å². The number of hydrogen-bond donors (Lipinski definition) is 0. The molecule has 1 rings (SSSR count). The van der Waals surface area contributed by atoms with Crippen LogP contribution in [0, 0.1) is 0 Å². The molecule has 0 aromatic carbocycles. The predicted molar refractivity (Wildman–Crippen MR) is 45.1 cm³/mol. The maximum atomic E-state index is 12.6. The van der Waals surface area contributed by atoms with Gasteiger partial charge in [-0.2, -0.15) is 4.31 Å². The maximum Gasteiger partial charge on any atom is 0.217 e. The second-order valence-electron chi connectivity index (χ2n) is 2.81. The third-order valence-electron chi connectivity index (χ3n) is 1.82. The highest BCUT2D eigenvalue weighted by atomic mass is 32.2. The van der Waals surface area contributed by atoms with Gasteiger partial charge in [0.15, 0.2) is 0 Å². The van der Waals surface area contributed by atoms with E-state index < -0.39 is 16.2 Å². The number of hydrogen-bond acceptors (Lipinski definition) is 2. The summed E-state index contributed by atoms with van der Waals surface area (Å²) < 4.78 is 36.3. The largest absolute Gasteiger partial charge is 0.246 e. The molecule has 0 aliphatic carbocycles. The molecule has 0 saturated carbocycles. The van der Waals surface area contributed by atoms with E-state index in [2.05, 4.69) is 6.58 Å². The van der Waals surface area contributed by atoms with E-state index in [4.69, 9.17) is 0 Å². The number of halogens is 1. The molecule has 5 heteroatoms. The van der Waals surface area contributed by atoms with E-state index in [0.717, 1.165) is 0 Å². The van der Waals surface area contributed by atoms with Crippen LogP contribution in [0.25, 0.3) is 0 Å². The van der Waals surface area contributed by atoms with Crippen LogP contribution in [0.3, 0.4) is 0 Å². The number of rotatable bonds is 3. The van der Waals surface area contributed by atoms with Crippen molar-refractivity contribution < 1.29 is 12.8 Å². The molecule has 0 aromatic heterocycles. The van der Waals surface area contributed by atoms with Gasteiger partial charge >= 0.3 is 0 Å². The average molecular weight is 193 g/mol. The zero-order valence-electron chi connectivity index (χ0n) is 6.74. The van der Waals surface area contributed by atoms with Crippen LogP contribution in [0.5, 0.6) is 0 Å². The summed E-state index contributed by atoms with van der Waals surface area (Å²) in [6, 6.07) is 0. The first-order chi connectivity index (χ1) is 5.56. The Morgan fingerprint density at radius 1 is 1.67 bits per heavy atom. The molecule has 1 atom stereocenters. The average Bonchev–Trinajstić information content (AvgIpc) is 2.36. The third kappa shape index (κ3) is 2.04. The summed E-state index contributed by atoms with van der Waals surface area (Å²) in [4.78, 5) is 0. The van der Waals surface area contributed by atoms with Crippen LogP contribution in [0.15, 0.2) is 12.7 Å². The summed E-state index contributed by atoms with van der Waals surface area (Å²) in [5.41, 5.74) is 0. The maximum absolute atomic E-state index is 12.6. The molecule has 0 aromatic rings. The summed E-state index contributed by atoms with van der Waals surface area (Å²) in [6.07, 6.45) is 0.640. The van der Waals surface area contributed by atoms with Gasteiger partial charge in [0.2, 0.25) is 10.0 Å². The third-order valence-corrected chi connectivity index (χ3v) is 3.59. The van der Waals surface area contributed by atoms with Gasteiger partial charge < -0.3 is 0 Å². The van der Waals surface area contributed by atoms with Crippen molar-refractivity contribution in [2.45, 2.75) is 12.6 Å². The van der Waals surface area contributed by atoms with Crippen LogP contribution < -0.4 is 0 Å². The molecular weight excluding hydrogens is 181 g/mol. The summed E-state index contributed by atoms with van der Waals surface area (Å²) in [5.74, 6) is -0.0975. The Morgan fingerprint density at radius 3 is 2.75 bits per heavy atom. The van der Waals surface area contributed by atoms with Crippen molar-refractivity contribution >= 4 is 10.0 Å². The fraction of sp³-hybridized carbons (Fsp3) is 0.714. The number of alkyl halides is 1. The fourth-order valence-electron chi connectivity index (χ4n) is 1.19. The van der Waals surface area contributed by atoms with Crippen LogP contribution in [0.2, 0.25) is 0 Å². The van der Waals surface area contributed by atoms with Gasteiger partial charge in [0.25, 0.3) is 0 Å². The molecule has 1 saturated heterocycles. The van der Waals surface area contributed by atoms with Crippen molar-refractivity contribution in [3.63, 3.8) is 0 Å². The second-order valence-corrected chi connectivity index (χ2v) is 4.82. The second kappa shape index (κ2) is 3.53. The molecular formula is C7H12FNO2S. The number of nitrogens with zero attached hydrogens (tertiary/aromatic N) is 1. The molecule has 0 bridgehead atoms. The highest BCUT2D eigenvalue weighted by Gasteiger charge is 2.29. The van der Waals surface area contributed by atoms with Crippen molar-refractivity contribution in [1.29, 1.82) is 0 Å². The van der Waals surface area contributed by atoms with Crippen molar-refractivity contribution in [1.82, 2.24) is 4.31 Å². The van der Waals surface area contributed by atoms with Crippen molar-refractivity contribution in [2.24, 2.45) is 0 Å². The zero-order chi connectivity index (χ0) is 9.19. The molecule has 0 unspecified atom stereocenters. The summed E-state index contributed by atoms with van der Waals surface area (Å²) in [7, 11) is -3.27. The van der Waals surface area contributed by atoms with E-state index in [1.54, 1.807) is 0 Å². The minimum Gasteiger partial charge on any atom is -0.246 e. The normalized spacial score (nSPS) is 25.9. The van der Waals surface area contributed by atoms with E-state index in [0.29, 0.717) is 13.0 Å². The van der Waals surface area contributed by atoms with Crippen LogP contribution in [0.4, 0.5) is 4.39 Å². The van der Waals surface area contributed by atoms with E-state index in [9.17, 15) is 12.8 Å². The molecule has 0 amide bonds. The SMILES string of the molecule is C=CCS(=O)(=O)N1CC[C@@H](F)C1. The fourth-order valence-corrected chi connectivity index (χ4v) is 2.48. The Morgan fingerprint density at radius 2 is 2.33 bits per heavy atom. The molecule has 0 N–H and O–H groups in total. The van der Waals surface area contributed by atoms with Gasteiger partial charge in [-0.1, -0.05) is 6.08 Å². The Labute approximate surface area is 71.9 Å². The first-order valence-corrected chi connectivity index (χ1v) is 5.40. The van der Waals surface area contributed by atoms with E-state index in [1.807, 2.05) is 0 Å². The van der Waals surface area contributed by atoms with Gasteiger partial charge in [-0.05, 0) is 6.42 Å². The van der Waals surface area contributed by atoms with E-state index >= 15 is 0 Å². The Kier molecular flexibility index (Phi) is 2.85. The van der Waals surface area contributed by atoms with E-state index in [1.165, 1.54) is 10.4 Å². The predicted octanol–water partition coefficient (Wildman–Crippen LogP) is 0.546. The zero-order valence-corrected chi connectivity index (χ0v) is 7.56. The Bertz CT molecular complexity index is 263. The summed E-state index contributed by atoms with van der Waals surface area (Å²) >= 11 is 0. The highest BCUT2D eigenvalue weighted by Crippen LogP contribution is 2.16. The topological polar surface area (TPSA) is 37.4 Å². The number of sulfonamides is 1. The molecule has 1 fully saturated rings.